The Kier molecular flexibility index (Phi) is 2.96. The van der Waals surface area contributed by atoms with Gasteiger partial charge in [0.1, 0.15) is 0 Å². The lowest BCUT2D eigenvalue weighted by molar-refractivity contribution is 0.218. The fraction of sp³-hybridized carbons (Fsp3) is 0.700. The number of hydrogen-bond acceptors (Lipinski definition) is 2. The van der Waals surface area contributed by atoms with Crippen molar-refractivity contribution in [2.24, 2.45) is 7.05 Å². The summed E-state index contributed by atoms with van der Waals surface area (Å²) in [5, 5.41) is 4.18. The van der Waals surface area contributed by atoms with Gasteiger partial charge in [0.15, 0.2) is 0 Å². The van der Waals surface area contributed by atoms with Gasteiger partial charge >= 0.3 is 0 Å². The maximum Gasteiger partial charge on any atom is 0.215 e. The van der Waals surface area contributed by atoms with E-state index in [1.165, 1.54) is 5.56 Å². The van der Waals surface area contributed by atoms with Gasteiger partial charge in [-0.15, -0.1) is 0 Å². The predicted octanol–water partition coefficient (Wildman–Crippen LogP) is 2.33. The highest BCUT2D eigenvalue weighted by Crippen LogP contribution is 2.25. The van der Waals surface area contributed by atoms with Gasteiger partial charge in [-0.25, -0.2) is 4.68 Å². The number of hydrogen-bond donors (Lipinski definition) is 0. The van der Waals surface area contributed by atoms with Crippen molar-refractivity contribution < 1.29 is 4.74 Å². The Hall–Kier alpha value is -0.990. The van der Waals surface area contributed by atoms with Crippen molar-refractivity contribution in [3.63, 3.8) is 0 Å². The van der Waals surface area contributed by atoms with Crippen LogP contribution in [0, 0.1) is 0 Å². The molecule has 0 aliphatic rings. The molecule has 3 heteroatoms. The van der Waals surface area contributed by atoms with E-state index in [4.69, 9.17) is 4.74 Å². The molecule has 1 rings (SSSR count). The third-order valence-corrected chi connectivity index (χ3v) is 1.88. The lowest BCUT2D eigenvalue weighted by atomic mass is 10.1. The number of ether oxygens (including phenoxy) is 1. The highest BCUT2D eigenvalue weighted by molar-refractivity contribution is 5.27. The minimum Gasteiger partial charge on any atom is -0.475 e. The SMILES string of the molecule is CC(C)Oc1c(C(C)C)cnn1C. The first-order valence-electron chi connectivity index (χ1n) is 4.71. The van der Waals surface area contributed by atoms with Crippen LogP contribution in [-0.2, 0) is 7.05 Å². The zero-order chi connectivity index (χ0) is 10.0. The molecule has 0 atom stereocenters. The van der Waals surface area contributed by atoms with Gasteiger partial charge in [-0.3, -0.25) is 0 Å². The molecule has 0 saturated heterocycles. The van der Waals surface area contributed by atoms with Crippen LogP contribution in [0.2, 0.25) is 0 Å². The minimum absolute atomic E-state index is 0.202. The molecule has 0 radical (unpaired) electrons. The Morgan fingerprint density at radius 3 is 2.38 bits per heavy atom. The first-order chi connectivity index (χ1) is 6.02. The highest BCUT2D eigenvalue weighted by atomic mass is 16.5. The van der Waals surface area contributed by atoms with E-state index < -0.39 is 0 Å². The van der Waals surface area contributed by atoms with Gasteiger partial charge in [-0.2, -0.15) is 5.10 Å². The standard InChI is InChI=1S/C10H18N2O/c1-7(2)9-6-11-12(5)10(9)13-8(3)4/h6-8H,1-5H3. The lowest BCUT2D eigenvalue weighted by Crippen LogP contribution is -2.10. The monoisotopic (exact) mass is 182 g/mol. The number of aromatic nitrogens is 2. The van der Waals surface area contributed by atoms with Crippen LogP contribution in [0.1, 0.15) is 39.2 Å². The number of rotatable bonds is 3. The van der Waals surface area contributed by atoms with Gasteiger partial charge < -0.3 is 4.74 Å². The van der Waals surface area contributed by atoms with Crippen LogP contribution in [0.3, 0.4) is 0 Å². The molecule has 1 aromatic rings. The summed E-state index contributed by atoms with van der Waals surface area (Å²) in [4.78, 5) is 0. The molecule has 13 heavy (non-hydrogen) atoms. The van der Waals surface area contributed by atoms with E-state index in [1.54, 1.807) is 4.68 Å². The smallest absolute Gasteiger partial charge is 0.215 e. The number of aryl methyl sites for hydroxylation is 1. The summed E-state index contributed by atoms with van der Waals surface area (Å²) >= 11 is 0. The van der Waals surface area contributed by atoms with E-state index in [2.05, 4.69) is 18.9 Å². The molecule has 0 aliphatic heterocycles. The fourth-order valence-electron chi connectivity index (χ4n) is 1.21. The Labute approximate surface area is 79.7 Å². The molecule has 0 aromatic carbocycles. The Morgan fingerprint density at radius 1 is 1.31 bits per heavy atom. The first-order valence-corrected chi connectivity index (χ1v) is 4.71. The van der Waals surface area contributed by atoms with Gasteiger partial charge in [0.2, 0.25) is 5.88 Å². The van der Waals surface area contributed by atoms with Crippen LogP contribution >= 0.6 is 0 Å². The molecule has 0 bridgehead atoms. The predicted molar refractivity (Wildman–Crippen MR) is 53.1 cm³/mol. The van der Waals surface area contributed by atoms with Gasteiger partial charge in [-0.05, 0) is 19.8 Å². The zero-order valence-electron chi connectivity index (χ0n) is 9.03. The summed E-state index contributed by atoms with van der Waals surface area (Å²) < 4.78 is 7.46. The number of nitrogens with zero attached hydrogens (tertiary/aromatic N) is 2. The Bertz CT molecular complexity index is 276. The van der Waals surface area contributed by atoms with Crippen LogP contribution in [0.5, 0.6) is 5.88 Å². The second-order valence-corrected chi connectivity index (χ2v) is 3.85. The van der Waals surface area contributed by atoms with E-state index in [9.17, 15) is 0 Å². The molecule has 3 nitrogen and oxygen atoms in total. The van der Waals surface area contributed by atoms with Crippen LogP contribution < -0.4 is 4.74 Å². The maximum atomic E-state index is 5.68. The Balaban J connectivity index is 2.94. The second-order valence-electron chi connectivity index (χ2n) is 3.85. The van der Waals surface area contributed by atoms with Crippen molar-refractivity contribution in [2.75, 3.05) is 0 Å². The summed E-state index contributed by atoms with van der Waals surface area (Å²) in [5.41, 5.74) is 1.18. The largest absolute Gasteiger partial charge is 0.475 e. The average molecular weight is 182 g/mol. The summed E-state index contributed by atoms with van der Waals surface area (Å²) in [6.07, 6.45) is 2.08. The molecule has 0 spiro atoms. The van der Waals surface area contributed by atoms with E-state index >= 15 is 0 Å². The maximum absolute atomic E-state index is 5.68. The van der Waals surface area contributed by atoms with Gasteiger partial charge in [0.25, 0.3) is 0 Å². The van der Waals surface area contributed by atoms with Gasteiger partial charge in [0.05, 0.1) is 12.3 Å². The second kappa shape index (κ2) is 3.81. The molecule has 0 aliphatic carbocycles. The molecule has 0 unspecified atom stereocenters. The third-order valence-electron chi connectivity index (χ3n) is 1.88. The lowest BCUT2D eigenvalue weighted by Gasteiger charge is -2.13. The summed E-state index contributed by atoms with van der Waals surface area (Å²) in [6.45, 7) is 8.34. The first kappa shape index (κ1) is 10.1. The van der Waals surface area contributed by atoms with Gasteiger partial charge in [0, 0.05) is 12.6 Å². The highest BCUT2D eigenvalue weighted by Gasteiger charge is 2.13. The Morgan fingerprint density at radius 2 is 1.92 bits per heavy atom. The molecular weight excluding hydrogens is 164 g/mol. The van der Waals surface area contributed by atoms with Crippen LogP contribution in [-0.4, -0.2) is 15.9 Å². The van der Waals surface area contributed by atoms with Crippen LogP contribution in [0.4, 0.5) is 0 Å². The van der Waals surface area contributed by atoms with Crippen molar-refractivity contribution in [3.8, 4) is 5.88 Å². The van der Waals surface area contributed by atoms with Crippen molar-refractivity contribution in [1.82, 2.24) is 9.78 Å². The van der Waals surface area contributed by atoms with Crippen molar-refractivity contribution in [2.45, 2.75) is 39.7 Å². The van der Waals surface area contributed by atoms with E-state index in [1.807, 2.05) is 27.1 Å². The van der Waals surface area contributed by atoms with Crippen LogP contribution in [0.15, 0.2) is 6.20 Å². The van der Waals surface area contributed by atoms with Gasteiger partial charge in [-0.1, -0.05) is 13.8 Å². The van der Waals surface area contributed by atoms with E-state index in [0.29, 0.717) is 5.92 Å². The fourth-order valence-corrected chi connectivity index (χ4v) is 1.21. The molecule has 1 heterocycles. The zero-order valence-corrected chi connectivity index (χ0v) is 9.03. The molecule has 0 saturated carbocycles. The molecule has 0 N–H and O–H groups in total. The molecule has 74 valence electrons. The summed E-state index contributed by atoms with van der Waals surface area (Å²) in [5.74, 6) is 1.35. The normalized spacial score (nSPS) is 11.3. The minimum atomic E-state index is 0.202. The topological polar surface area (TPSA) is 27.1 Å². The quantitative estimate of drug-likeness (QED) is 0.717. The molecule has 0 amide bonds. The van der Waals surface area contributed by atoms with E-state index in [0.717, 1.165) is 5.88 Å². The van der Waals surface area contributed by atoms with Crippen molar-refractivity contribution >= 4 is 0 Å². The molecular formula is C10H18N2O. The average Bonchev–Trinajstić information content (AvgIpc) is 2.32. The molecule has 0 fully saturated rings. The summed E-state index contributed by atoms with van der Waals surface area (Å²) in [6, 6.07) is 0. The summed E-state index contributed by atoms with van der Waals surface area (Å²) in [7, 11) is 1.91. The van der Waals surface area contributed by atoms with E-state index in [-0.39, 0.29) is 6.10 Å². The van der Waals surface area contributed by atoms with Crippen LogP contribution in [0.25, 0.3) is 0 Å². The molecule has 1 aromatic heterocycles. The van der Waals surface area contributed by atoms with Crippen molar-refractivity contribution in [1.29, 1.82) is 0 Å². The van der Waals surface area contributed by atoms with Crippen molar-refractivity contribution in [3.05, 3.63) is 11.8 Å². The third kappa shape index (κ3) is 2.23.